The molecule has 0 spiro atoms. The first kappa shape index (κ1) is 25.9. The molecular formula is C27H34N6O2S. The molecule has 9 heteroatoms. The Hall–Kier alpha value is -3.14. The van der Waals surface area contributed by atoms with Crippen LogP contribution in [0.4, 0.5) is 11.5 Å². The number of aromatic nitrogens is 2. The van der Waals surface area contributed by atoms with Crippen LogP contribution < -0.4 is 20.7 Å². The van der Waals surface area contributed by atoms with Gasteiger partial charge in [-0.05, 0) is 36.7 Å². The quantitative estimate of drug-likeness (QED) is 0.451. The maximum Gasteiger partial charge on any atom is 0.259 e. The van der Waals surface area contributed by atoms with Crippen molar-refractivity contribution in [3.05, 3.63) is 66.4 Å². The molecule has 1 amide bonds. The minimum absolute atomic E-state index is 0.0611. The van der Waals surface area contributed by atoms with E-state index in [0.717, 1.165) is 47.5 Å². The van der Waals surface area contributed by atoms with E-state index >= 15 is 0 Å². The Morgan fingerprint density at radius 2 is 1.86 bits per heavy atom. The minimum Gasteiger partial charge on any atom is -0.470 e. The van der Waals surface area contributed by atoms with E-state index < -0.39 is 6.04 Å². The molecule has 0 bridgehead atoms. The normalized spacial score (nSPS) is 15.1. The van der Waals surface area contributed by atoms with Crippen LogP contribution in [-0.4, -0.2) is 60.0 Å². The molecule has 3 N–H and O–H groups in total. The highest BCUT2D eigenvalue weighted by molar-refractivity contribution is 7.99. The van der Waals surface area contributed by atoms with Gasteiger partial charge in [-0.1, -0.05) is 62.0 Å². The lowest BCUT2D eigenvalue weighted by atomic mass is 10.1. The summed E-state index contributed by atoms with van der Waals surface area (Å²) in [5.41, 5.74) is 7.76. The second-order valence-electron chi connectivity index (χ2n) is 9.29. The van der Waals surface area contributed by atoms with E-state index in [4.69, 9.17) is 20.4 Å². The molecule has 2 heterocycles. The molecule has 1 aliphatic heterocycles. The van der Waals surface area contributed by atoms with Crippen LogP contribution in [0.1, 0.15) is 19.4 Å². The molecular weight excluding hydrogens is 472 g/mol. The molecule has 1 unspecified atom stereocenters. The third kappa shape index (κ3) is 6.96. The van der Waals surface area contributed by atoms with Crippen LogP contribution in [0.3, 0.4) is 0 Å². The van der Waals surface area contributed by atoms with Gasteiger partial charge in [-0.3, -0.25) is 4.79 Å². The van der Waals surface area contributed by atoms with Crippen molar-refractivity contribution in [3.63, 3.8) is 0 Å². The van der Waals surface area contributed by atoms with Crippen molar-refractivity contribution < 1.29 is 9.53 Å². The second kappa shape index (κ2) is 12.2. The third-order valence-corrected chi connectivity index (χ3v) is 6.96. The lowest BCUT2D eigenvalue weighted by Crippen LogP contribution is -2.45. The number of ether oxygens (including phenoxy) is 1. The van der Waals surface area contributed by atoms with Gasteiger partial charge in [0.15, 0.2) is 5.82 Å². The molecule has 3 aromatic rings. The van der Waals surface area contributed by atoms with Crippen LogP contribution in [0.15, 0.2) is 70.7 Å². The van der Waals surface area contributed by atoms with Crippen LogP contribution in [0, 0.1) is 5.92 Å². The summed E-state index contributed by atoms with van der Waals surface area (Å²) < 4.78 is 6.19. The molecule has 0 aliphatic carbocycles. The Morgan fingerprint density at radius 1 is 1.11 bits per heavy atom. The molecule has 190 valence electrons. The zero-order valence-electron chi connectivity index (χ0n) is 21.1. The number of carbonyl (C=O) groups excluding carboxylic acids is 1. The average molecular weight is 507 g/mol. The number of rotatable bonds is 9. The summed E-state index contributed by atoms with van der Waals surface area (Å²) in [6.45, 7) is 7.96. The zero-order valence-corrected chi connectivity index (χ0v) is 21.9. The monoisotopic (exact) mass is 506 g/mol. The Morgan fingerprint density at radius 3 is 2.58 bits per heavy atom. The van der Waals surface area contributed by atoms with Crippen LogP contribution in [0.2, 0.25) is 0 Å². The number of nitrogens with one attached hydrogen (secondary N) is 1. The number of hydrogen-bond donors (Lipinski definition) is 2. The number of hydrogen-bond acceptors (Lipinski definition) is 8. The number of nitrogens with zero attached hydrogens (tertiary/aromatic N) is 4. The Bertz CT molecular complexity index is 1150. The van der Waals surface area contributed by atoms with Crippen molar-refractivity contribution in [1.82, 2.24) is 14.9 Å². The fraction of sp³-hybridized carbons (Fsp3) is 0.370. The first-order chi connectivity index (χ1) is 17.4. The van der Waals surface area contributed by atoms with Gasteiger partial charge in [0, 0.05) is 36.8 Å². The van der Waals surface area contributed by atoms with Gasteiger partial charge in [0.05, 0.1) is 12.2 Å². The molecule has 1 saturated heterocycles. The van der Waals surface area contributed by atoms with Crippen LogP contribution in [-0.2, 0) is 11.4 Å². The highest BCUT2D eigenvalue weighted by atomic mass is 32.2. The molecule has 1 fully saturated rings. The van der Waals surface area contributed by atoms with Crippen molar-refractivity contribution in [3.8, 4) is 5.88 Å². The van der Waals surface area contributed by atoms with E-state index in [0.29, 0.717) is 18.2 Å². The van der Waals surface area contributed by atoms with E-state index in [-0.39, 0.29) is 11.8 Å². The van der Waals surface area contributed by atoms with Gasteiger partial charge in [0.25, 0.3) is 5.88 Å². The van der Waals surface area contributed by atoms with Crippen molar-refractivity contribution in [1.29, 1.82) is 0 Å². The molecule has 0 saturated carbocycles. The maximum absolute atomic E-state index is 12.4. The lowest BCUT2D eigenvalue weighted by molar-refractivity contribution is -0.118. The standard InChI is InChI=1S/C27H34N6O2S/c1-19(2)24(28)26(34)30-21-10-7-11-22(16-21)36-23-17-29-25(33-14-12-32(3)13-15-33)27(31-23)35-18-20-8-5-4-6-9-20/h4-11,16-17,19,24H,12-15,18,28H2,1-3H3,(H,30,34). The van der Waals surface area contributed by atoms with E-state index in [1.54, 1.807) is 6.20 Å². The number of likely N-dealkylation sites (N-methyl/N-ethyl adjacent to an activating group) is 1. The van der Waals surface area contributed by atoms with E-state index in [1.807, 2.05) is 68.4 Å². The summed E-state index contributed by atoms with van der Waals surface area (Å²) in [6.07, 6.45) is 1.79. The molecule has 1 atom stereocenters. The lowest BCUT2D eigenvalue weighted by Gasteiger charge is -2.33. The SMILES string of the molecule is CC(C)C(N)C(=O)Nc1cccc(Sc2cnc(N3CCN(C)CC3)c(OCc3ccccc3)n2)c1. The smallest absolute Gasteiger partial charge is 0.259 e. The van der Waals surface area contributed by atoms with Gasteiger partial charge in [-0.25, -0.2) is 9.97 Å². The largest absolute Gasteiger partial charge is 0.470 e. The summed E-state index contributed by atoms with van der Waals surface area (Å²) in [7, 11) is 2.13. The van der Waals surface area contributed by atoms with E-state index in [9.17, 15) is 4.79 Å². The topological polar surface area (TPSA) is 96.6 Å². The minimum atomic E-state index is -0.557. The van der Waals surface area contributed by atoms with Crippen molar-refractivity contribution in [2.24, 2.45) is 11.7 Å². The zero-order chi connectivity index (χ0) is 25.5. The number of piperazine rings is 1. The van der Waals surface area contributed by atoms with Crippen LogP contribution in [0.5, 0.6) is 5.88 Å². The average Bonchev–Trinajstić information content (AvgIpc) is 2.88. The number of amides is 1. The predicted octanol–water partition coefficient (Wildman–Crippen LogP) is 3.88. The molecule has 4 rings (SSSR count). The molecule has 1 aromatic heterocycles. The van der Waals surface area contributed by atoms with Crippen LogP contribution in [0.25, 0.3) is 0 Å². The fourth-order valence-corrected chi connectivity index (χ4v) is 4.55. The van der Waals surface area contributed by atoms with E-state index in [1.165, 1.54) is 11.8 Å². The van der Waals surface area contributed by atoms with Gasteiger partial charge in [-0.15, -0.1) is 0 Å². The van der Waals surface area contributed by atoms with Gasteiger partial charge in [0.2, 0.25) is 5.91 Å². The summed E-state index contributed by atoms with van der Waals surface area (Å²) in [4.78, 5) is 27.4. The number of carbonyl (C=O) groups is 1. The van der Waals surface area contributed by atoms with Crippen molar-refractivity contribution in [2.45, 2.75) is 36.4 Å². The Kier molecular flexibility index (Phi) is 8.79. The first-order valence-electron chi connectivity index (χ1n) is 12.2. The second-order valence-corrected chi connectivity index (χ2v) is 10.4. The number of anilines is 2. The Labute approximate surface area is 217 Å². The van der Waals surface area contributed by atoms with Gasteiger partial charge < -0.3 is 25.6 Å². The summed E-state index contributed by atoms with van der Waals surface area (Å²) in [5.74, 6) is 1.17. The maximum atomic E-state index is 12.4. The fourth-order valence-electron chi connectivity index (χ4n) is 3.74. The van der Waals surface area contributed by atoms with Gasteiger partial charge in [-0.2, -0.15) is 0 Å². The van der Waals surface area contributed by atoms with Gasteiger partial charge >= 0.3 is 0 Å². The van der Waals surface area contributed by atoms with E-state index in [2.05, 4.69) is 22.2 Å². The molecule has 36 heavy (non-hydrogen) atoms. The molecule has 8 nitrogen and oxygen atoms in total. The highest BCUT2D eigenvalue weighted by Gasteiger charge is 2.21. The summed E-state index contributed by atoms with van der Waals surface area (Å²) in [6, 6.07) is 17.1. The van der Waals surface area contributed by atoms with Crippen LogP contribution >= 0.6 is 11.8 Å². The summed E-state index contributed by atoms with van der Waals surface area (Å²) >= 11 is 1.47. The predicted molar refractivity (Wildman–Crippen MR) is 145 cm³/mol. The number of benzene rings is 2. The summed E-state index contributed by atoms with van der Waals surface area (Å²) in [5, 5.41) is 3.63. The number of nitrogens with two attached hydrogens (primary N) is 1. The van der Waals surface area contributed by atoms with Gasteiger partial charge in [0.1, 0.15) is 11.6 Å². The highest BCUT2D eigenvalue weighted by Crippen LogP contribution is 2.33. The Balaban J connectivity index is 1.52. The molecule has 1 aliphatic rings. The first-order valence-corrected chi connectivity index (χ1v) is 13.0. The molecule has 2 aromatic carbocycles. The van der Waals surface area contributed by atoms with Crippen molar-refractivity contribution >= 4 is 29.2 Å². The third-order valence-electron chi connectivity index (χ3n) is 6.07. The molecule has 0 radical (unpaired) electrons. The van der Waals surface area contributed by atoms with Crippen molar-refractivity contribution in [2.75, 3.05) is 43.4 Å².